The summed E-state index contributed by atoms with van der Waals surface area (Å²) < 4.78 is 5.40. The zero-order valence-electron chi connectivity index (χ0n) is 13.3. The number of carbonyl (C=O) groups is 1. The molecule has 0 saturated carbocycles. The van der Waals surface area contributed by atoms with E-state index in [4.69, 9.17) is 4.74 Å². The van der Waals surface area contributed by atoms with Crippen LogP contribution in [0.1, 0.15) is 34.5 Å². The van der Waals surface area contributed by atoms with E-state index in [1.807, 2.05) is 62.6 Å². The number of carbonyl (C=O) groups excluding carboxylic acids is 1. The van der Waals surface area contributed by atoms with E-state index >= 15 is 0 Å². The molecule has 0 aliphatic rings. The van der Waals surface area contributed by atoms with Crippen molar-refractivity contribution in [3.63, 3.8) is 0 Å². The van der Waals surface area contributed by atoms with Crippen LogP contribution in [0.3, 0.4) is 0 Å². The number of ether oxygens (including phenoxy) is 1. The first-order valence-corrected chi connectivity index (χ1v) is 8.37. The van der Waals surface area contributed by atoms with Crippen molar-refractivity contribution in [1.29, 1.82) is 0 Å². The SMILES string of the molecule is COc1ccc(C)cc1C(C)NC(=O)c1ccccc1SC. The lowest BCUT2D eigenvalue weighted by Crippen LogP contribution is -2.27. The molecule has 4 heteroatoms. The molecular weight excluding hydrogens is 294 g/mol. The maximum absolute atomic E-state index is 12.5. The van der Waals surface area contributed by atoms with Gasteiger partial charge in [0.15, 0.2) is 0 Å². The Kier molecular flexibility index (Phi) is 5.50. The Hall–Kier alpha value is -1.94. The van der Waals surface area contributed by atoms with Gasteiger partial charge in [0, 0.05) is 10.5 Å². The maximum Gasteiger partial charge on any atom is 0.252 e. The van der Waals surface area contributed by atoms with E-state index in [0.717, 1.165) is 21.8 Å². The minimum atomic E-state index is -0.128. The zero-order valence-corrected chi connectivity index (χ0v) is 14.2. The van der Waals surface area contributed by atoms with Crippen LogP contribution in [0.5, 0.6) is 5.75 Å². The molecule has 1 amide bonds. The minimum Gasteiger partial charge on any atom is -0.496 e. The number of amides is 1. The van der Waals surface area contributed by atoms with Gasteiger partial charge in [-0.2, -0.15) is 0 Å². The summed E-state index contributed by atoms with van der Waals surface area (Å²) in [6, 6.07) is 13.5. The number of benzene rings is 2. The summed E-state index contributed by atoms with van der Waals surface area (Å²) in [5, 5.41) is 3.06. The normalized spacial score (nSPS) is 11.8. The van der Waals surface area contributed by atoms with E-state index in [-0.39, 0.29) is 11.9 Å². The molecule has 0 bridgehead atoms. The van der Waals surface area contributed by atoms with Gasteiger partial charge >= 0.3 is 0 Å². The maximum atomic E-state index is 12.5. The summed E-state index contributed by atoms with van der Waals surface area (Å²) in [6.07, 6.45) is 1.97. The fourth-order valence-electron chi connectivity index (χ4n) is 2.38. The molecule has 2 aromatic rings. The number of hydrogen-bond donors (Lipinski definition) is 1. The van der Waals surface area contributed by atoms with E-state index in [2.05, 4.69) is 5.32 Å². The lowest BCUT2D eigenvalue weighted by atomic mass is 10.0. The van der Waals surface area contributed by atoms with Crippen LogP contribution >= 0.6 is 11.8 Å². The Morgan fingerprint density at radius 1 is 1.23 bits per heavy atom. The first-order chi connectivity index (χ1) is 10.6. The average Bonchev–Trinajstić information content (AvgIpc) is 2.54. The van der Waals surface area contributed by atoms with Crippen LogP contribution in [0.4, 0.5) is 0 Å². The summed E-state index contributed by atoms with van der Waals surface area (Å²) in [5.74, 6) is 0.720. The van der Waals surface area contributed by atoms with Gasteiger partial charge in [0.1, 0.15) is 5.75 Å². The molecule has 22 heavy (non-hydrogen) atoms. The fraction of sp³-hybridized carbons (Fsp3) is 0.278. The summed E-state index contributed by atoms with van der Waals surface area (Å²) in [4.78, 5) is 13.5. The van der Waals surface area contributed by atoms with Crippen molar-refractivity contribution in [2.75, 3.05) is 13.4 Å². The molecule has 0 aromatic heterocycles. The van der Waals surface area contributed by atoms with Crippen LogP contribution in [0.15, 0.2) is 47.4 Å². The number of aryl methyl sites for hydroxylation is 1. The Morgan fingerprint density at radius 2 is 1.95 bits per heavy atom. The quantitative estimate of drug-likeness (QED) is 0.840. The second-order valence-electron chi connectivity index (χ2n) is 5.14. The predicted molar refractivity (Wildman–Crippen MR) is 91.8 cm³/mol. The van der Waals surface area contributed by atoms with Crippen molar-refractivity contribution in [1.82, 2.24) is 5.32 Å². The highest BCUT2D eigenvalue weighted by atomic mass is 32.2. The van der Waals surface area contributed by atoms with Gasteiger partial charge in [0.25, 0.3) is 5.91 Å². The third kappa shape index (κ3) is 3.63. The van der Waals surface area contributed by atoms with Crippen LogP contribution in [0.25, 0.3) is 0 Å². The van der Waals surface area contributed by atoms with E-state index < -0.39 is 0 Å². The van der Waals surface area contributed by atoms with E-state index in [1.165, 1.54) is 0 Å². The van der Waals surface area contributed by atoms with Crippen molar-refractivity contribution in [2.45, 2.75) is 24.8 Å². The topological polar surface area (TPSA) is 38.3 Å². The number of rotatable bonds is 5. The average molecular weight is 315 g/mol. The van der Waals surface area contributed by atoms with Gasteiger partial charge in [-0.3, -0.25) is 4.79 Å². The summed E-state index contributed by atoms with van der Waals surface area (Å²) >= 11 is 1.57. The van der Waals surface area contributed by atoms with Crippen LogP contribution in [-0.4, -0.2) is 19.3 Å². The standard InChI is InChI=1S/C18H21NO2S/c1-12-9-10-16(21-3)15(11-12)13(2)19-18(20)14-7-5-6-8-17(14)22-4/h5-11,13H,1-4H3,(H,19,20). The van der Waals surface area contributed by atoms with Gasteiger partial charge in [-0.25, -0.2) is 0 Å². The Labute approximate surface area is 136 Å². The minimum absolute atomic E-state index is 0.0685. The predicted octanol–water partition coefficient (Wildman–Crippen LogP) is 4.22. The molecule has 2 aromatic carbocycles. The molecule has 116 valence electrons. The van der Waals surface area contributed by atoms with Crippen molar-refractivity contribution >= 4 is 17.7 Å². The summed E-state index contributed by atoms with van der Waals surface area (Å²) in [5.41, 5.74) is 2.83. The van der Waals surface area contributed by atoms with Crippen LogP contribution in [0, 0.1) is 6.92 Å². The van der Waals surface area contributed by atoms with Crippen LogP contribution in [0.2, 0.25) is 0 Å². The first kappa shape index (κ1) is 16.4. The molecule has 2 rings (SSSR count). The smallest absolute Gasteiger partial charge is 0.252 e. The Balaban J connectivity index is 2.23. The molecular formula is C18H21NO2S. The van der Waals surface area contributed by atoms with E-state index in [1.54, 1.807) is 18.9 Å². The number of thioether (sulfide) groups is 1. The highest BCUT2D eigenvalue weighted by Gasteiger charge is 2.17. The monoisotopic (exact) mass is 315 g/mol. The van der Waals surface area contributed by atoms with E-state index in [0.29, 0.717) is 5.56 Å². The molecule has 0 aliphatic carbocycles. The Bertz CT molecular complexity index is 670. The number of hydrogen-bond acceptors (Lipinski definition) is 3. The first-order valence-electron chi connectivity index (χ1n) is 7.15. The van der Waals surface area contributed by atoms with Gasteiger partial charge in [-0.15, -0.1) is 11.8 Å². The second-order valence-corrected chi connectivity index (χ2v) is 5.99. The zero-order chi connectivity index (χ0) is 16.1. The van der Waals surface area contributed by atoms with E-state index in [9.17, 15) is 4.79 Å². The van der Waals surface area contributed by atoms with Gasteiger partial charge in [0.05, 0.1) is 18.7 Å². The van der Waals surface area contributed by atoms with Gasteiger partial charge in [0.2, 0.25) is 0 Å². The molecule has 1 atom stereocenters. The van der Waals surface area contributed by atoms with Crippen LogP contribution in [-0.2, 0) is 0 Å². The fourth-order valence-corrected chi connectivity index (χ4v) is 2.97. The van der Waals surface area contributed by atoms with Crippen molar-refractivity contribution in [3.05, 3.63) is 59.2 Å². The van der Waals surface area contributed by atoms with Gasteiger partial charge in [-0.05, 0) is 38.3 Å². The molecule has 0 heterocycles. The second kappa shape index (κ2) is 7.36. The molecule has 0 saturated heterocycles. The molecule has 0 spiro atoms. The molecule has 0 radical (unpaired) electrons. The highest BCUT2D eigenvalue weighted by Crippen LogP contribution is 2.27. The third-order valence-electron chi connectivity index (χ3n) is 3.55. The molecule has 1 unspecified atom stereocenters. The Morgan fingerprint density at radius 3 is 2.64 bits per heavy atom. The van der Waals surface area contributed by atoms with Gasteiger partial charge < -0.3 is 10.1 Å². The van der Waals surface area contributed by atoms with Crippen molar-refractivity contribution in [2.24, 2.45) is 0 Å². The molecule has 0 aliphatic heterocycles. The largest absolute Gasteiger partial charge is 0.496 e. The third-order valence-corrected chi connectivity index (χ3v) is 4.35. The van der Waals surface area contributed by atoms with Gasteiger partial charge in [-0.1, -0.05) is 29.8 Å². The number of methoxy groups -OCH3 is 1. The molecule has 3 nitrogen and oxygen atoms in total. The lowest BCUT2D eigenvalue weighted by Gasteiger charge is -2.18. The lowest BCUT2D eigenvalue weighted by molar-refractivity contribution is 0.0936. The molecule has 0 fully saturated rings. The van der Waals surface area contributed by atoms with Crippen molar-refractivity contribution < 1.29 is 9.53 Å². The van der Waals surface area contributed by atoms with Crippen LogP contribution < -0.4 is 10.1 Å². The number of nitrogens with one attached hydrogen (secondary N) is 1. The highest BCUT2D eigenvalue weighted by molar-refractivity contribution is 7.98. The summed E-state index contributed by atoms with van der Waals surface area (Å²) in [6.45, 7) is 4.00. The summed E-state index contributed by atoms with van der Waals surface area (Å²) in [7, 11) is 1.64. The molecule has 1 N–H and O–H groups in total. The van der Waals surface area contributed by atoms with Crippen molar-refractivity contribution in [3.8, 4) is 5.75 Å².